The molecule has 0 saturated heterocycles. The average molecular weight is 232 g/mol. The summed E-state index contributed by atoms with van der Waals surface area (Å²) in [6.45, 7) is 0. The Balaban J connectivity index is 2.06. The first-order chi connectivity index (χ1) is 8.27. The highest BCUT2D eigenvalue weighted by atomic mass is 19.2. The van der Waals surface area contributed by atoms with E-state index >= 15 is 0 Å². The van der Waals surface area contributed by atoms with Crippen molar-refractivity contribution in [2.45, 2.75) is 0 Å². The summed E-state index contributed by atoms with van der Waals surface area (Å²) in [6.07, 6.45) is 2.90. The SMILES string of the molecule is O=C(Nc1ncccn1)N(F)c1ccccc1. The number of hydrogen-bond acceptors (Lipinski definition) is 3. The Kier molecular flexibility index (Phi) is 3.25. The van der Waals surface area contributed by atoms with Crippen molar-refractivity contribution in [1.29, 1.82) is 0 Å². The van der Waals surface area contributed by atoms with Crippen LogP contribution < -0.4 is 10.4 Å². The molecule has 1 aromatic heterocycles. The summed E-state index contributed by atoms with van der Waals surface area (Å²) in [6, 6.07) is 8.61. The van der Waals surface area contributed by atoms with E-state index in [2.05, 4.69) is 15.3 Å². The fraction of sp³-hybridized carbons (Fsp3) is 0. The van der Waals surface area contributed by atoms with Gasteiger partial charge in [0.2, 0.25) is 5.95 Å². The zero-order chi connectivity index (χ0) is 12.1. The number of aromatic nitrogens is 2. The van der Waals surface area contributed by atoms with Crippen LogP contribution in [0.3, 0.4) is 0 Å². The van der Waals surface area contributed by atoms with Crippen LogP contribution in [0.5, 0.6) is 0 Å². The Morgan fingerprint density at radius 2 is 1.76 bits per heavy atom. The first kappa shape index (κ1) is 11.0. The molecule has 0 radical (unpaired) electrons. The van der Waals surface area contributed by atoms with Gasteiger partial charge in [0, 0.05) is 12.4 Å². The summed E-state index contributed by atoms with van der Waals surface area (Å²) in [5.74, 6) is 0.0519. The number of benzene rings is 1. The number of carbonyl (C=O) groups is 1. The number of rotatable bonds is 2. The molecular weight excluding hydrogens is 223 g/mol. The second-order valence-electron chi connectivity index (χ2n) is 3.12. The number of amides is 2. The Morgan fingerprint density at radius 3 is 2.41 bits per heavy atom. The van der Waals surface area contributed by atoms with Crippen molar-refractivity contribution in [1.82, 2.24) is 9.97 Å². The largest absolute Gasteiger partial charge is 0.357 e. The Morgan fingerprint density at radius 1 is 1.12 bits per heavy atom. The summed E-state index contributed by atoms with van der Waals surface area (Å²) in [7, 11) is 0. The topological polar surface area (TPSA) is 58.1 Å². The molecule has 5 nitrogen and oxygen atoms in total. The summed E-state index contributed by atoms with van der Waals surface area (Å²) in [5.41, 5.74) is 0.140. The normalized spacial score (nSPS) is 9.71. The number of carbonyl (C=O) groups excluding carboxylic acids is 1. The second-order valence-corrected chi connectivity index (χ2v) is 3.12. The molecule has 1 heterocycles. The standard InChI is InChI=1S/C11H9FN4O/c12-16(9-5-2-1-3-6-9)11(17)15-10-13-7-4-8-14-10/h1-8H,(H,13,14,15,17). The molecule has 0 aliphatic carbocycles. The predicted molar refractivity (Wildman–Crippen MR) is 61.1 cm³/mol. The van der Waals surface area contributed by atoms with Crippen molar-refractivity contribution in [3.05, 3.63) is 48.8 Å². The molecular formula is C11H9FN4O. The van der Waals surface area contributed by atoms with E-state index in [0.29, 0.717) is 0 Å². The minimum Gasteiger partial charge on any atom is -0.274 e. The fourth-order valence-corrected chi connectivity index (χ4v) is 1.18. The number of anilines is 2. The van der Waals surface area contributed by atoms with E-state index < -0.39 is 6.03 Å². The van der Waals surface area contributed by atoms with Gasteiger partial charge in [-0.2, -0.15) is 0 Å². The fourth-order valence-electron chi connectivity index (χ4n) is 1.18. The summed E-state index contributed by atoms with van der Waals surface area (Å²) in [5, 5.41) is 2.23. The maximum Gasteiger partial charge on any atom is 0.357 e. The van der Waals surface area contributed by atoms with Gasteiger partial charge >= 0.3 is 6.03 Å². The third kappa shape index (κ3) is 2.75. The zero-order valence-corrected chi connectivity index (χ0v) is 8.75. The molecule has 0 bridgehead atoms. The van der Waals surface area contributed by atoms with Gasteiger partial charge in [0.25, 0.3) is 0 Å². The van der Waals surface area contributed by atoms with Gasteiger partial charge in [-0.3, -0.25) is 5.32 Å². The highest BCUT2D eigenvalue weighted by Crippen LogP contribution is 2.14. The highest BCUT2D eigenvalue weighted by Gasteiger charge is 2.15. The number of nitrogens with zero attached hydrogens (tertiary/aromatic N) is 3. The lowest BCUT2D eigenvalue weighted by Gasteiger charge is -2.11. The van der Waals surface area contributed by atoms with E-state index in [-0.39, 0.29) is 16.8 Å². The molecule has 0 atom stereocenters. The lowest BCUT2D eigenvalue weighted by Crippen LogP contribution is -2.28. The lowest BCUT2D eigenvalue weighted by atomic mass is 10.3. The third-order valence-electron chi connectivity index (χ3n) is 1.95. The van der Waals surface area contributed by atoms with Gasteiger partial charge in [0.15, 0.2) is 0 Å². The number of halogens is 1. The van der Waals surface area contributed by atoms with Gasteiger partial charge in [-0.25, -0.2) is 14.8 Å². The molecule has 0 aliphatic heterocycles. The van der Waals surface area contributed by atoms with Crippen molar-refractivity contribution in [3.8, 4) is 0 Å². The molecule has 6 heteroatoms. The van der Waals surface area contributed by atoms with Gasteiger partial charge in [0.05, 0.1) is 5.69 Å². The molecule has 1 aromatic carbocycles. The molecule has 2 amide bonds. The first-order valence-corrected chi connectivity index (χ1v) is 4.86. The molecule has 86 valence electrons. The molecule has 2 aromatic rings. The smallest absolute Gasteiger partial charge is 0.274 e. The van der Waals surface area contributed by atoms with Crippen LogP contribution in [0.25, 0.3) is 0 Å². The number of hydrogen-bond donors (Lipinski definition) is 1. The van der Waals surface area contributed by atoms with Crippen LogP contribution in [0.4, 0.5) is 20.9 Å². The molecule has 1 N–H and O–H groups in total. The van der Waals surface area contributed by atoms with Crippen LogP contribution in [0.1, 0.15) is 0 Å². The van der Waals surface area contributed by atoms with Crippen LogP contribution in [0, 0.1) is 0 Å². The van der Waals surface area contributed by atoms with Crippen molar-refractivity contribution in [2.75, 3.05) is 10.4 Å². The van der Waals surface area contributed by atoms with Crippen molar-refractivity contribution in [3.63, 3.8) is 0 Å². The second kappa shape index (κ2) is 5.02. The minimum atomic E-state index is -0.942. The van der Waals surface area contributed by atoms with E-state index in [1.807, 2.05) is 0 Å². The van der Waals surface area contributed by atoms with Crippen molar-refractivity contribution in [2.24, 2.45) is 0 Å². The number of nitrogens with one attached hydrogen (secondary N) is 1. The van der Waals surface area contributed by atoms with Gasteiger partial charge in [-0.15, -0.1) is 5.12 Å². The Labute approximate surface area is 96.9 Å². The molecule has 0 fully saturated rings. The Hall–Kier alpha value is -2.50. The van der Waals surface area contributed by atoms with Crippen LogP contribution in [0.15, 0.2) is 48.8 Å². The number of urea groups is 1. The minimum absolute atomic E-state index is 0.00361. The average Bonchev–Trinajstić information content (AvgIpc) is 2.40. The van der Waals surface area contributed by atoms with E-state index in [4.69, 9.17) is 0 Å². The summed E-state index contributed by atoms with van der Waals surface area (Å²) >= 11 is 0. The quantitative estimate of drug-likeness (QED) is 0.809. The monoisotopic (exact) mass is 232 g/mol. The van der Waals surface area contributed by atoms with Gasteiger partial charge in [-0.1, -0.05) is 22.7 Å². The predicted octanol–water partition coefficient (Wildman–Crippen LogP) is 2.40. The molecule has 17 heavy (non-hydrogen) atoms. The number of para-hydroxylation sites is 1. The first-order valence-electron chi connectivity index (χ1n) is 4.86. The van der Waals surface area contributed by atoms with Crippen LogP contribution in [-0.4, -0.2) is 16.0 Å². The molecule has 2 rings (SSSR count). The maximum absolute atomic E-state index is 13.6. The van der Waals surface area contributed by atoms with Crippen molar-refractivity contribution >= 4 is 17.7 Å². The lowest BCUT2D eigenvalue weighted by molar-refractivity contribution is 0.244. The van der Waals surface area contributed by atoms with Gasteiger partial charge in [-0.05, 0) is 18.2 Å². The van der Waals surface area contributed by atoms with Crippen LogP contribution >= 0.6 is 0 Å². The van der Waals surface area contributed by atoms with Gasteiger partial charge in [0.1, 0.15) is 0 Å². The summed E-state index contributed by atoms with van der Waals surface area (Å²) < 4.78 is 13.6. The van der Waals surface area contributed by atoms with Crippen molar-refractivity contribution < 1.29 is 9.28 Å². The van der Waals surface area contributed by atoms with E-state index in [1.54, 1.807) is 24.3 Å². The Bertz CT molecular complexity index is 491. The van der Waals surface area contributed by atoms with E-state index in [0.717, 1.165) is 0 Å². The summed E-state index contributed by atoms with van der Waals surface area (Å²) in [4.78, 5) is 19.0. The molecule has 0 aliphatic rings. The van der Waals surface area contributed by atoms with Crippen LogP contribution in [0.2, 0.25) is 0 Å². The van der Waals surface area contributed by atoms with Crippen LogP contribution in [-0.2, 0) is 0 Å². The molecule has 0 unspecified atom stereocenters. The third-order valence-corrected chi connectivity index (χ3v) is 1.95. The highest BCUT2D eigenvalue weighted by molar-refractivity contribution is 5.98. The maximum atomic E-state index is 13.6. The van der Waals surface area contributed by atoms with Gasteiger partial charge < -0.3 is 0 Å². The zero-order valence-electron chi connectivity index (χ0n) is 8.75. The van der Waals surface area contributed by atoms with E-state index in [9.17, 15) is 9.28 Å². The molecule has 0 saturated carbocycles. The van der Waals surface area contributed by atoms with E-state index in [1.165, 1.54) is 24.5 Å². The molecule has 0 spiro atoms.